The summed E-state index contributed by atoms with van der Waals surface area (Å²) in [5.74, 6) is 1.03. The Hall–Kier alpha value is -1.35. The topological polar surface area (TPSA) is 40.5 Å². The Balaban J connectivity index is 1.44. The molecule has 6 rings (SSSR count). The molecule has 1 N–H and O–H groups in total. The van der Waals surface area contributed by atoms with Crippen molar-refractivity contribution in [3.63, 3.8) is 0 Å². The first kappa shape index (κ1) is 16.8. The monoisotopic (exact) mass is 353 g/mol. The molecule has 26 heavy (non-hydrogen) atoms. The standard InChI is InChI=1S/C23H31NO2/c1-16-2-4-20(5-3-16)22-11-17-10-18(12-22)14-23(13-17,15-22)24-8-6-19(7-9-24)21(25)26/h2-5,17-19H,6-15H2,1H3,(H,25,26)/t17-,18-,22?,23?/m1/s1. The Labute approximate surface area is 156 Å². The molecule has 1 aromatic carbocycles. The summed E-state index contributed by atoms with van der Waals surface area (Å²) in [6.07, 6.45) is 9.87. The Morgan fingerprint density at radius 1 is 1.04 bits per heavy atom. The number of nitrogens with zero attached hydrogens (tertiary/aromatic N) is 1. The van der Waals surface area contributed by atoms with Gasteiger partial charge < -0.3 is 5.11 Å². The molecular weight excluding hydrogens is 322 g/mol. The van der Waals surface area contributed by atoms with Gasteiger partial charge in [0.2, 0.25) is 0 Å². The van der Waals surface area contributed by atoms with Crippen molar-refractivity contribution >= 4 is 5.97 Å². The number of aliphatic carboxylic acids is 1. The zero-order valence-electron chi connectivity index (χ0n) is 15.9. The Morgan fingerprint density at radius 2 is 1.65 bits per heavy atom. The fraction of sp³-hybridized carbons (Fsp3) is 0.696. The lowest BCUT2D eigenvalue weighted by atomic mass is 9.45. The van der Waals surface area contributed by atoms with E-state index in [0.717, 1.165) is 37.8 Å². The van der Waals surface area contributed by atoms with E-state index in [1.54, 1.807) is 5.56 Å². The molecule has 5 aliphatic rings. The van der Waals surface area contributed by atoms with Crippen LogP contribution in [0.25, 0.3) is 0 Å². The van der Waals surface area contributed by atoms with Crippen LogP contribution in [0.2, 0.25) is 0 Å². The van der Waals surface area contributed by atoms with Gasteiger partial charge in [-0.2, -0.15) is 0 Å². The van der Waals surface area contributed by atoms with Crippen LogP contribution in [0, 0.1) is 24.7 Å². The van der Waals surface area contributed by atoms with E-state index in [9.17, 15) is 9.90 Å². The molecule has 0 unspecified atom stereocenters. The second-order valence-electron chi connectivity index (χ2n) is 9.93. The molecule has 0 aromatic heterocycles. The molecule has 0 spiro atoms. The molecule has 1 aromatic rings. The highest BCUT2D eigenvalue weighted by Crippen LogP contribution is 2.64. The van der Waals surface area contributed by atoms with E-state index in [1.165, 1.54) is 44.1 Å². The fourth-order valence-corrected chi connectivity index (χ4v) is 7.43. The lowest BCUT2D eigenvalue weighted by molar-refractivity contribution is -0.147. The molecule has 0 amide bonds. The van der Waals surface area contributed by atoms with Gasteiger partial charge in [0.1, 0.15) is 0 Å². The molecule has 0 radical (unpaired) electrons. The van der Waals surface area contributed by atoms with Crippen LogP contribution in [0.15, 0.2) is 24.3 Å². The minimum atomic E-state index is -0.591. The van der Waals surface area contributed by atoms with Gasteiger partial charge in [-0.25, -0.2) is 0 Å². The second kappa shape index (κ2) is 5.82. The van der Waals surface area contributed by atoms with Crippen molar-refractivity contribution in [3.8, 4) is 0 Å². The fourth-order valence-electron chi connectivity index (χ4n) is 7.43. The van der Waals surface area contributed by atoms with E-state index >= 15 is 0 Å². The highest BCUT2D eigenvalue weighted by molar-refractivity contribution is 5.70. The first-order chi connectivity index (χ1) is 12.5. The molecule has 1 heterocycles. The predicted molar refractivity (Wildman–Crippen MR) is 102 cm³/mol. The van der Waals surface area contributed by atoms with E-state index in [4.69, 9.17) is 0 Å². The third-order valence-corrected chi connectivity index (χ3v) is 8.21. The summed E-state index contributed by atoms with van der Waals surface area (Å²) in [5.41, 5.74) is 3.64. The third kappa shape index (κ3) is 2.54. The minimum Gasteiger partial charge on any atom is -0.481 e. The van der Waals surface area contributed by atoms with Gasteiger partial charge in [0.05, 0.1) is 5.92 Å². The molecule has 1 aliphatic heterocycles. The molecule has 2 atom stereocenters. The van der Waals surface area contributed by atoms with Gasteiger partial charge in [-0.1, -0.05) is 29.8 Å². The number of hydrogen-bond acceptors (Lipinski definition) is 2. The molecule has 140 valence electrons. The van der Waals surface area contributed by atoms with Crippen molar-refractivity contribution < 1.29 is 9.90 Å². The molecule has 3 heteroatoms. The van der Waals surface area contributed by atoms with Crippen LogP contribution in [-0.4, -0.2) is 34.6 Å². The highest BCUT2D eigenvalue weighted by atomic mass is 16.4. The summed E-state index contributed by atoms with van der Waals surface area (Å²) < 4.78 is 0. The zero-order chi connectivity index (χ0) is 17.9. The molecule has 4 aliphatic carbocycles. The normalized spacial score (nSPS) is 40.0. The number of piperidine rings is 1. The molecule has 4 saturated carbocycles. The number of hydrogen-bond donors (Lipinski definition) is 1. The van der Waals surface area contributed by atoms with Crippen LogP contribution in [0.4, 0.5) is 0 Å². The largest absolute Gasteiger partial charge is 0.481 e. The number of carboxylic acid groups (broad SMARTS) is 1. The lowest BCUT2D eigenvalue weighted by Gasteiger charge is -2.66. The van der Waals surface area contributed by atoms with Crippen LogP contribution in [0.1, 0.15) is 62.5 Å². The van der Waals surface area contributed by atoms with Gasteiger partial charge in [-0.3, -0.25) is 9.69 Å². The number of rotatable bonds is 3. The molecule has 4 bridgehead atoms. The summed E-state index contributed by atoms with van der Waals surface area (Å²) >= 11 is 0. The van der Waals surface area contributed by atoms with Crippen LogP contribution in [0.3, 0.4) is 0 Å². The van der Waals surface area contributed by atoms with Crippen LogP contribution >= 0.6 is 0 Å². The van der Waals surface area contributed by atoms with Crippen molar-refractivity contribution in [2.24, 2.45) is 17.8 Å². The van der Waals surface area contributed by atoms with Gasteiger partial charge in [0.25, 0.3) is 0 Å². The average Bonchev–Trinajstić information content (AvgIpc) is 2.61. The SMILES string of the molecule is Cc1ccc(C23C[C@H]4C[C@H](C2)CC(N2CCC(C(=O)O)CC2)(C4)C3)cc1. The van der Waals surface area contributed by atoms with Crippen molar-refractivity contribution in [1.29, 1.82) is 0 Å². The lowest BCUT2D eigenvalue weighted by Crippen LogP contribution is -2.65. The predicted octanol–water partition coefficient (Wildman–Crippen LogP) is 4.38. The van der Waals surface area contributed by atoms with Crippen LogP contribution in [-0.2, 0) is 10.2 Å². The van der Waals surface area contributed by atoms with Crippen LogP contribution < -0.4 is 0 Å². The van der Waals surface area contributed by atoms with E-state index < -0.39 is 5.97 Å². The summed E-state index contributed by atoms with van der Waals surface area (Å²) in [5, 5.41) is 9.35. The Bertz CT molecular complexity index is 687. The smallest absolute Gasteiger partial charge is 0.306 e. The number of likely N-dealkylation sites (tertiary alicyclic amines) is 1. The van der Waals surface area contributed by atoms with Gasteiger partial charge >= 0.3 is 5.97 Å². The Kier molecular flexibility index (Phi) is 3.76. The maximum absolute atomic E-state index is 11.4. The van der Waals surface area contributed by atoms with E-state index in [-0.39, 0.29) is 5.92 Å². The summed E-state index contributed by atoms with van der Waals surface area (Å²) in [6.45, 7) is 4.15. The first-order valence-electron chi connectivity index (χ1n) is 10.5. The van der Waals surface area contributed by atoms with Crippen molar-refractivity contribution in [1.82, 2.24) is 4.90 Å². The maximum Gasteiger partial charge on any atom is 0.306 e. The second-order valence-corrected chi connectivity index (χ2v) is 9.93. The number of aryl methyl sites for hydroxylation is 1. The average molecular weight is 354 g/mol. The van der Waals surface area contributed by atoms with Crippen molar-refractivity contribution in [2.45, 2.75) is 69.2 Å². The molecule has 1 saturated heterocycles. The Morgan fingerprint density at radius 3 is 2.23 bits per heavy atom. The summed E-state index contributed by atoms with van der Waals surface area (Å²) in [7, 11) is 0. The van der Waals surface area contributed by atoms with Gasteiger partial charge in [-0.15, -0.1) is 0 Å². The minimum absolute atomic E-state index is 0.119. The van der Waals surface area contributed by atoms with Crippen molar-refractivity contribution in [3.05, 3.63) is 35.4 Å². The van der Waals surface area contributed by atoms with E-state index in [1.807, 2.05) is 0 Å². The summed E-state index contributed by atoms with van der Waals surface area (Å²) in [4.78, 5) is 14.1. The van der Waals surface area contributed by atoms with Gasteiger partial charge in [-0.05, 0) is 94.2 Å². The quantitative estimate of drug-likeness (QED) is 0.876. The zero-order valence-corrected chi connectivity index (χ0v) is 15.9. The number of carboxylic acids is 1. The highest BCUT2D eigenvalue weighted by Gasteiger charge is 2.60. The van der Waals surface area contributed by atoms with Gasteiger partial charge in [0, 0.05) is 5.54 Å². The van der Waals surface area contributed by atoms with Crippen molar-refractivity contribution in [2.75, 3.05) is 13.1 Å². The molecule has 5 fully saturated rings. The maximum atomic E-state index is 11.4. The molecular formula is C23H31NO2. The molecule has 3 nitrogen and oxygen atoms in total. The van der Waals surface area contributed by atoms with E-state index in [0.29, 0.717) is 11.0 Å². The third-order valence-electron chi connectivity index (χ3n) is 8.21. The van der Waals surface area contributed by atoms with Gasteiger partial charge in [0.15, 0.2) is 0 Å². The van der Waals surface area contributed by atoms with E-state index in [2.05, 4.69) is 36.1 Å². The number of benzene rings is 1. The number of carbonyl (C=O) groups is 1. The summed E-state index contributed by atoms with van der Waals surface area (Å²) in [6, 6.07) is 9.37. The van der Waals surface area contributed by atoms with Crippen LogP contribution in [0.5, 0.6) is 0 Å². The first-order valence-corrected chi connectivity index (χ1v) is 10.5.